The minimum atomic E-state index is -0.328. The fourth-order valence-corrected chi connectivity index (χ4v) is 1.69. The van der Waals surface area contributed by atoms with Gasteiger partial charge in [-0.25, -0.2) is 0 Å². The van der Waals surface area contributed by atoms with Gasteiger partial charge in [0.1, 0.15) is 0 Å². The SMILES string of the molecule is CC1C(=O)CSCC1=O. The molecule has 0 atom stereocenters. The summed E-state index contributed by atoms with van der Waals surface area (Å²) >= 11 is 1.42. The fraction of sp³-hybridized carbons (Fsp3) is 0.667. The van der Waals surface area contributed by atoms with Crippen LogP contribution in [-0.2, 0) is 9.59 Å². The molecule has 9 heavy (non-hydrogen) atoms. The maximum Gasteiger partial charge on any atom is 0.152 e. The van der Waals surface area contributed by atoms with E-state index in [1.807, 2.05) is 0 Å². The zero-order valence-corrected chi connectivity index (χ0v) is 6.03. The summed E-state index contributed by atoms with van der Waals surface area (Å²) in [5, 5.41) is 0. The highest BCUT2D eigenvalue weighted by Gasteiger charge is 2.25. The quantitative estimate of drug-likeness (QED) is 0.464. The van der Waals surface area contributed by atoms with Gasteiger partial charge in [0.05, 0.1) is 17.4 Å². The summed E-state index contributed by atoms with van der Waals surface area (Å²) in [4.78, 5) is 21.5. The number of hydrogen-bond acceptors (Lipinski definition) is 3. The van der Waals surface area contributed by atoms with Crippen LogP contribution >= 0.6 is 11.8 Å². The van der Waals surface area contributed by atoms with Crippen molar-refractivity contribution >= 4 is 23.3 Å². The van der Waals surface area contributed by atoms with Crippen molar-refractivity contribution in [1.82, 2.24) is 0 Å². The number of hydrogen-bond donors (Lipinski definition) is 0. The topological polar surface area (TPSA) is 34.1 Å². The van der Waals surface area contributed by atoms with E-state index in [1.54, 1.807) is 6.92 Å². The molecule has 0 saturated carbocycles. The molecule has 1 aliphatic heterocycles. The third-order valence-corrected chi connectivity index (χ3v) is 2.43. The molecule has 0 bridgehead atoms. The molecular formula is C6H8O2S. The molecule has 1 aliphatic rings. The van der Waals surface area contributed by atoms with E-state index in [4.69, 9.17) is 0 Å². The van der Waals surface area contributed by atoms with E-state index < -0.39 is 0 Å². The van der Waals surface area contributed by atoms with Gasteiger partial charge in [-0.05, 0) is 6.92 Å². The largest absolute Gasteiger partial charge is 0.298 e. The summed E-state index contributed by atoms with van der Waals surface area (Å²) in [6.07, 6.45) is 0. The van der Waals surface area contributed by atoms with Crippen molar-refractivity contribution in [3.05, 3.63) is 0 Å². The molecule has 2 nitrogen and oxygen atoms in total. The van der Waals surface area contributed by atoms with Gasteiger partial charge in [0, 0.05) is 0 Å². The van der Waals surface area contributed by atoms with Gasteiger partial charge >= 0.3 is 0 Å². The summed E-state index contributed by atoms with van der Waals surface area (Å²) in [6, 6.07) is 0. The van der Waals surface area contributed by atoms with E-state index >= 15 is 0 Å². The van der Waals surface area contributed by atoms with Crippen molar-refractivity contribution in [2.24, 2.45) is 5.92 Å². The van der Waals surface area contributed by atoms with Crippen molar-refractivity contribution in [1.29, 1.82) is 0 Å². The standard InChI is InChI=1S/C6H8O2S/c1-4-5(7)2-9-3-6(4)8/h4H,2-3H2,1H3. The van der Waals surface area contributed by atoms with Crippen LogP contribution in [0.25, 0.3) is 0 Å². The molecule has 1 heterocycles. The van der Waals surface area contributed by atoms with Gasteiger partial charge in [-0.1, -0.05) is 0 Å². The second kappa shape index (κ2) is 2.52. The zero-order valence-electron chi connectivity index (χ0n) is 5.22. The molecule has 0 unspecified atom stereocenters. The zero-order chi connectivity index (χ0) is 6.85. The van der Waals surface area contributed by atoms with Crippen molar-refractivity contribution in [2.75, 3.05) is 11.5 Å². The van der Waals surface area contributed by atoms with Crippen LogP contribution in [0.15, 0.2) is 0 Å². The van der Waals surface area contributed by atoms with E-state index in [9.17, 15) is 9.59 Å². The molecule has 0 radical (unpaired) electrons. The molecule has 50 valence electrons. The van der Waals surface area contributed by atoms with Crippen molar-refractivity contribution < 1.29 is 9.59 Å². The van der Waals surface area contributed by atoms with Crippen LogP contribution < -0.4 is 0 Å². The average Bonchev–Trinajstić information content (AvgIpc) is 1.83. The normalized spacial score (nSPS) is 22.8. The molecule has 0 N–H and O–H groups in total. The maximum absolute atomic E-state index is 10.8. The van der Waals surface area contributed by atoms with Gasteiger partial charge in [-0.15, -0.1) is 11.8 Å². The minimum Gasteiger partial charge on any atom is -0.298 e. The molecular weight excluding hydrogens is 136 g/mol. The Bertz CT molecular complexity index is 137. The van der Waals surface area contributed by atoms with Crippen LogP contribution in [0.2, 0.25) is 0 Å². The molecule has 1 rings (SSSR count). The minimum absolute atomic E-state index is 0.0799. The van der Waals surface area contributed by atoms with Crippen LogP contribution in [0.5, 0.6) is 0 Å². The summed E-state index contributed by atoms with van der Waals surface area (Å²) in [5.41, 5.74) is 0. The van der Waals surface area contributed by atoms with Crippen LogP contribution in [-0.4, -0.2) is 23.1 Å². The van der Waals surface area contributed by atoms with Gasteiger partial charge < -0.3 is 0 Å². The smallest absolute Gasteiger partial charge is 0.152 e. The summed E-state index contributed by atoms with van der Waals surface area (Å²) in [6.45, 7) is 1.68. The number of rotatable bonds is 0. The van der Waals surface area contributed by atoms with Gasteiger partial charge in [0.2, 0.25) is 0 Å². The Hall–Kier alpha value is -0.310. The average molecular weight is 144 g/mol. The Kier molecular flexibility index (Phi) is 1.90. The number of carbonyl (C=O) groups excluding carboxylic acids is 2. The first kappa shape index (κ1) is 6.81. The maximum atomic E-state index is 10.8. The molecule has 1 saturated heterocycles. The molecule has 0 aromatic rings. The lowest BCUT2D eigenvalue weighted by Crippen LogP contribution is -2.29. The third-order valence-electron chi connectivity index (χ3n) is 1.45. The summed E-state index contributed by atoms with van der Waals surface area (Å²) in [7, 11) is 0. The Morgan fingerprint density at radius 1 is 1.33 bits per heavy atom. The first-order chi connectivity index (χ1) is 4.22. The molecule has 0 amide bonds. The Balaban J connectivity index is 2.62. The second-order valence-corrected chi connectivity index (χ2v) is 3.13. The summed E-state index contributed by atoms with van der Waals surface area (Å²) < 4.78 is 0. The predicted molar refractivity (Wildman–Crippen MR) is 36.5 cm³/mol. The molecule has 0 aromatic heterocycles. The molecule has 3 heteroatoms. The lowest BCUT2D eigenvalue weighted by atomic mass is 10.0. The van der Waals surface area contributed by atoms with E-state index in [0.29, 0.717) is 11.5 Å². The van der Waals surface area contributed by atoms with E-state index in [1.165, 1.54) is 11.8 Å². The van der Waals surface area contributed by atoms with Crippen molar-refractivity contribution in [3.63, 3.8) is 0 Å². The predicted octanol–water partition coefficient (Wildman–Crippen LogP) is 0.508. The van der Waals surface area contributed by atoms with Gasteiger partial charge in [0.15, 0.2) is 11.6 Å². The molecule has 0 aromatic carbocycles. The summed E-state index contributed by atoms with van der Waals surface area (Å²) in [5.74, 6) is 0.874. The third kappa shape index (κ3) is 1.33. The Morgan fingerprint density at radius 3 is 2.11 bits per heavy atom. The van der Waals surface area contributed by atoms with Crippen LogP contribution in [0.4, 0.5) is 0 Å². The first-order valence-corrected chi connectivity index (χ1v) is 4.00. The van der Waals surface area contributed by atoms with Gasteiger partial charge in [0.25, 0.3) is 0 Å². The number of Topliss-reactive ketones (excluding diaryl/α,β-unsaturated/α-hetero) is 2. The lowest BCUT2D eigenvalue weighted by molar-refractivity contribution is -0.129. The Morgan fingerprint density at radius 2 is 1.78 bits per heavy atom. The second-order valence-electron chi connectivity index (χ2n) is 2.15. The molecule has 1 fully saturated rings. The number of carbonyl (C=O) groups is 2. The van der Waals surface area contributed by atoms with E-state index in [2.05, 4.69) is 0 Å². The van der Waals surface area contributed by atoms with Crippen LogP contribution in [0.1, 0.15) is 6.92 Å². The lowest BCUT2D eigenvalue weighted by Gasteiger charge is -2.13. The van der Waals surface area contributed by atoms with Crippen molar-refractivity contribution in [2.45, 2.75) is 6.92 Å². The highest BCUT2D eigenvalue weighted by atomic mass is 32.2. The van der Waals surface area contributed by atoms with Gasteiger partial charge in [-0.2, -0.15) is 0 Å². The van der Waals surface area contributed by atoms with E-state index in [0.717, 1.165) is 0 Å². The Labute approximate surface area is 58.0 Å². The molecule has 0 aliphatic carbocycles. The number of ketones is 2. The monoisotopic (exact) mass is 144 g/mol. The number of thioether (sulfide) groups is 1. The highest BCUT2D eigenvalue weighted by Crippen LogP contribution is 2.15. The highest BCUT2D eigenvalue weighted by molar-refractivity contribution is 8.00. The van der Waals surface area contributed by atoms with Crippen LogP contribution in [0.3, 0.4) is 0 Å². The van der Waals surface area contributed by atoms with Crippen molar-refractivity contribution in [3.8, 4) is 0 Å². The van der Waals surface area contributed by atoms with Gasteiger partial charge in [-0.3, -0.25) is 9.59 Å². The first-order valence-electron chi connectivity index (χ1n) is 2.85. The molecule has 0 spiro atoms. The van der Waals surface area contributed by atoms with E-state index in [-0.39, 0.29) is 17.5 Å². The van der Waals surface area contributed by atoms with Crippen LogP contribution in [0, 0.1) is 5.92 Å². The fourth-order valence-electron chi connectivity index (χ4n) is 0.682.